The van der Waals surface area contributed by atoms with Gasteiger partial charge in [-0.25, -0.2) is 13.6 Å². The Morgan fingerprint density at radius 3 is 2.06 bits per heavy atom. The lowest BCUT2D eigenvalue weighted by Crippen LogP contribution is -2.52. The zero-order valence-corrected chi connectivity index (χ0v) is 19.2. The summed E-state index contributed by atoms with van der Waals surface area (Å²) in [7, 11) is 0. The van der Waals surface area contributed by atoms with E-state index >= 15 is 0 Å². The van der Waals surface area contributed by atoms with Gasteiger partial charge in [0.25, 0.3) is 6.43 Å². The van der Waals surface area contributed by atoms with Gasteiger partial charge in [-0.05, 0) is 40.7 Å². The first-order valence-corrected chi connectivity index (χ1v) is 12.2. The van der Waals surface area contributed by atoms with Gasteiger partial charge >= 0.3 is 6.09 Å². The van der Waals surface area contributed by atoms with E-state index < -0.39 is 12.0 Å². The van der Waals surface area contributed by atoms with E-state index in [4.69, 9.17) is 4.74 Å². The molecule has 2 atom stereocenters. The van der Waals surface area contributed by atoms with Crippen molar-refractivity contribution in [3.63, 3.8) is 0 Å². The molecule has 4 nitrogen and oxygen atoms in total. The molecule has 6 heteroatoms. The highest BCUT2D eigenvalue weighted by Gasteiger charge is 2.51. The number of carbonyl (C=O) groups is 1. The van der Waals surface area contributed by atoms with E-state index in [1.807, 2.05) is 24.3 Å². The smallest absolute Gasteiger partial charge is 0.410 e. The molecule has 1 amide bonds. The number of hydrogen-bond donors (Lipinski definition) is 1. The van der Waals surface area contributed by atoms with Gasteiger partial charge in [-0.2, -0.15) is 0 Å². The first-order chi connectivity index (χ1) is 17.0. The molecule has 0 radical (unpaired) electrons. The third-order valence-corrected chi connectivity index (χ3v) is 8.01. The lowest BCUT2D eigenvalue weighted by Gasteiger charge is -2.44. The Bertz CT molecular complexity index is 1220. The minimum absolute atomic E-state index is 0.0244. The van der Waals surface area contributed by atoms with Crippen LogP contribution in [-0.2, 0) is 10.3 Å². The van der Waals surface area contributed by atoms with Crippen LogP contribution in [0.2, 0.25) is 0 Å². The van der Waals surface area contributed by atoms with E-state index in [9.17, 15) is 18.7 Å². The van der Waals surface area contributed by atoms with Gasteiger partial charge in [0, 0.05) is 36.4 Å². The number of benzene rings is 3. The van der Waals surface area contributed by atoms with Crippen molar-refractivity contribution >= 4 is 6.09 Å². The predicted octanol–water partition coefficient (Wildman–Crippen LogP) is 6.39. The van der Waals surface area contributed by atoms with Crippen LogP contribution in [0.15, 0.2) is 72.8 Å². The molecule has 2 unspecified atom stereocenters. The van der Waals surface area contributed by atoms with Gasteiger partial charge in [0.05, 0.1) is 5.60 Å². The third-order valence-electron chi connectivity index (χ3n) is 8.01. The number of amides is 1. The lowest BCUT2D eigenvalue weighted by molar-refractivity contribution is -0.0552. The average Bonchev–Trinajstić information content (AvgIpc) is 3.34. The zero-order valence-electron chi connectivity index (χ0n) is 19.2. The number of ether oxygens (including phenoxy) is 1. The molecule has 3 aromatic carbocycles. The van der Waals surface area contributed by atoms with Gasteiger partial charge in [0.2, 0.25) is 0 Å². The van der Waals surface area contributed by atoms with E-state index in [1.54, 1.807) is 23.1 Å². The van der Waals surface area contributed by atoms with Crippen molar-refractivity contribution in [1.29, 1.82) is 0 Å². The second-order valence-corrected chi connectivity index (χ2v) is 9.92. The van der Waals surface area contributed by atoms with Gasteiger partial charge in [0.1, 0.15) is 6.61 Å². The van der Waals surface area contributed by atoms with E-state index in [0.29, 0.717) is 0 Å². The minimum Gasteiger partial charge on any atom is -0.448 e. The predicted molar refractivity (Wildman–Crippen MR) is 128 cm³/mol. The zero-order chi connectivity index (χ0) is 24.2. The summed E-state index contributed by atoms with van der Waals surface area (Å²) in [4.78, 5) is 15.0. The van der Waals surface area contributed by atoms with Crippen molar-refractivity contribution in [2.24, 2.45) is 0 Å². The van der Waals surface area contributed by atoms with E-state index in [1.165, 1.54) is 17.2 Å². The molecular weight excluding hydrogens is 448 g/mol. The Balaban J connectivity index is 1.20. The fourth-order valence-electron chi connectivity index (χ4n) is 6.52. The van der Waals surface area contributed by atoms with Crippen LogP contribution in [-0.4, -0.2) is 34.8 Å². The molecule has 0 spiro atoms. The summed E-state index contributed by atoms with van der Waals surface area (Å²) in [6.07, 6.45) is -1.12. The number of halogens is 2. The van der Waals surface area contributed by atoms with Crippen LogP contribution in [0.4, 0.5) is 13.6 Å². The number of nitrogens with zero attached hydrogens (tertiary/aromatic N) is 1. The van der Waals surface area contributed by atoms with Crippen LogP contribution in [0.5, 0.6) is 0 Å². The first kappa shape index (κ1) is 22.2. The fourth-order valence-corrected chi connectivity index (χ4v) is 6.52. The molecule has 3 aromatic rings. The molecule has 3 aliphatic rings. The van der Waals surface area contributed by atoms with Crippen molar-refractivity contribution in [1.82, 2.24) is 4.90 Å². The van der Waals surface area contributed by atoms with E-state index in [0.717, 1.165) is 24.0 Å². The van der Waals surface area contributed by atoms with Gasteiger partial charge in [-0.1, -0.05) is 72.8 Å². The maximum atomic E-state index is 13.6. The molecule has 0 saturated carbocycles. The largest absolute Gasteiger partial charge is 0.448 e. The molecule has 6 rings (SSSR count). The van der Waals surface area contributed by atoms with Crippen LogP contribution < -0.4 is 0 Å². The summed E-state index contributed by atoms with van der Waals surface area (Å²) in [5.74, 6) is -0.0244. The highest BCUT2D eigenvalue weighted by atomic mass is 19.3. The van der Waals surface area contributed by atoms with Crippen molar-refractivity contribution in [2.45, 2.75) is 55.7 Å². The summed E-state index contributed by atoms with van der Waals surface area (Å²) in [6.45, 7) is 0.237. The average molecular weight is 476 g/mol. The van der Waals surface area contributed by atoms with Crippen molar-refractivity contribution in [3.8, 4) is 11.1 Å². The highest BCUT2D eigenvalue weighted by Crippen LogP contribution is 2.48. The van der Waals surface area contributed by atoms with Crippen LogP contribution in [0.1, 0.15) is 60.3 Å². The lowest BCUT2D eigenvalue weighted by atomic mass is 9.78. The van der Waals surface area contributed by atoms with Crippen LogP contribution >= 0.6 is 0 Å². The Hall–Kier alpha value is -3.25. The second kappa shape index (κ2) is 8.45. The van der Waals surface area contributed by atoms with E-state index in [-0.39, 0.29) is 54.7 Å². The number of alkyl halides is 2. The Morgan fingerprint density at radius 1 is 0.914 bits per heavy atom. The molecule has 1 N–H and O–H groups in total. The second-order valence-electron chi connectivity index (χ2n) is 9.92. The van der Waals surface area contributed by atoms with Gasteiger partial charge in [-0.15, -0.1) is 0 Å². The molecule has 0 aromatic heterocycles. The number of aliphatic hydroxyl groups is 1. The van der Waals surface area contributed by atoms with Crippen molar-refractivity contribution in [2.75, 3.05) is 6.61 Å². The fraction of sp³-hybridized carbons (Fsp3) is 0.345. The Morgan fingerprint density at radius 2 is 1.46 bits per heavy atom. The molecule has 2 bridgehead atoms. The molecule has 35 heavy (non-hydrogen) atoms. The SMILES string of the molecule is O=C(OCC1c2ccccc2-c2ccccc21)N1C2CCC1CC(O)(c1ccccc1C(F)F)C2. The van der Waals surface area contributed by atoms with Crippen LogP contribution in [0.25, 0.3) is 11.1 Å². The molecular formula is C29H27F2NO3. The highest BCUT2D eigenvalue weighted by molar-refractivity contribution is 5.79. The maximum Gasteiger partial charge on any atom is 0.410 e. The van der Waals surface area contributed by atoms with E-state index in [2.05, 4.69) is 24.3 Å². The maximum absolute atomic E-state index is 13.6. The summed E-state index contributed by atoms with van der Waals surface area (Å²) in [6, 6.07) is 22.1. The molecule has 2 aliphatic heterocycles. The Labute approximate surface area is 203 Å². The number of rotatable bonds is 4. The monoisotopic (exact) mass is 475 g/mol. The van der Waals surface area contributed by atoms with Crippen LogP contribution in [0.3, 0.4) is 0 Å². The third kappa shape index (κ3) is 3.62. The molecule has 2 saturated heterocycles. The first-order valence-electron chi connectivity index (χ1n) is 12.2. The Kier molecular flexibility index (Phi) is 5.37. The topological polar surface area (TPSA) is 49.8 Å². The van der Waals surface area contributed by atoms with Crippen molar-refractivity contribution in [3.05, 3.63) is 95.1 Å². The number of fused-ring (bicyclic) bond motifs is 5. The number of hydrogen-bond acceptors (Lipinski definition) is 3. The van der Waals surface area contributed by atoms with Gasteiger partial charge in [0.15, 0.2) is 0 Å². The minimum atomic E-state index is -2.66. The summed E-state index contributed by atoms with van der Waals surface area (Å²) >= 11 is 0. The summed E-state index contributed by atoms with van der Waals surface area (Å²) < 4.78 is 33.1. The number of carbonyl (C=O) groups excluding carboxylic acids is 1. The number of piperidine rings is 1. The molecule has 2 heterocycles. The normalized spacial score (nSPS) is 25.0. The summed E-state index contributed by atoms with van der Waals surface area (Å²) in [5.41, 5.74) is 3.42. The standard InChI is InChI=1S/C29H27F2NO3/c30-27(31)24-11-5-6-12-26(24)29(34)15-18-13-14-19(16-29)32(18)28(33)35-17-25-22-9-3-1-7-20(22)21-8-2-4-10-23(21)25/h1-12,18-19,25,27,34H,13-17H2. The molecule has 2 fully saturated rings. The quantitative estimate of drug-likeness (QED) is 0.476. The van der Waals surface area contributed by atoms with Crippen LogP contribution in [0, 0.1) is 0 Å². The van der Waals surface area contributed by atoms with Gasteiger partial charge < -0.3 is 14.7 Å². The summed E-state index contributed by atoms with van der Waals surface area (Å²) in [5, 5.41) is 11.5. The molecule has 1 aliphatic carbocycles. The van der Waals surface area contributed by atoms with Gasteiger partial charge in [-0.3, -0.25) is 0 Å². The molecule has 180 valence electrons. The van der Waals surface area contributed by atoms with Crippen molar-refractivity contribution < 1.29 is 23.4 Å².